The van der Waals surface area contributed by atoms with Gasteiger partial charge in [-0.05, 0) is 25.3 Å². The minimum atomic E-state index is -0.545. The van der Waals surface area contributed by atoms with E-state index >= 15 is 0 Å². The number of aryl methyl sites for hydroxylation is 2. The molecular formula is C35H39N5O2. The summed E-state index contributed by atoms with van der Waals surface area (Å²) in [5, 5.41) is 4.38. The Labute approximate surface area is 247 Å². The van der Waals surface area contributed by atoms with E-state index < -0.39 is 6.29 Å². The average Bonchev–Trinajstić information content (AvgIpc) is 3.55. The van der Waals surface area contributed by atoms with E-state index in [1.807, 2.05) is 35.9 Å². The van der Waals surface area contributed by atoms with E-state index in [4.69, 9.17) is 20.2 Å². The Kier molecular flexibility index (Phi) is 8.22. The van der Waals surface area contributed by atoms with Crippen molar-refractivity contribution in [2.45, 2.75) is 52.5 Å². The molecule has 3 heterocycles. The monoisotopic (exact) mass is 561 g/mol. The number of rotatable bonds is 10. The standard InChI is InChI=1S/C35H39N5O2/c1-26-22-30(36)38-40(26)21-13-12-20-35(2)24-41-34(42-25-35)33-37-31(28-16-8-4-9-17-28)32(29-18-10-5-11-19-29)39(33)23-27-14-6-3-7-15-27/h3-11,14-19,22,34H,12-13,20-21,23-25H2,1-2H3,(H2,36,38). The van der Waals surface area contributed by atoms with Crippen LogP contribution in [0.2, 0.25) is 0 Å². The predicted molar refractivity (Wildman–Crippen MR) is 167 cm³/mol. The molecule has 7 heteroatoms. The second-order valence-corrected chi connectivity index (χ2v) is 11.6. The van der Waals surface area contributed by atoms with Crippen molar-refractivity contribution in [3.63, 3.8) is 0 Å². The van der Waals surface area contributed by atoms with Crippen LogP contribution in [0.25, 0.3) is 22.5 Å². The molecule has 3 aromatic carbocycles. The Bertz CT molecular complexity index is 1590. The second-order valence-electron chi connectivity index (χ2n) is 11.6. The van der Waals surface area contributed by atoms with E-state index in [1.165, 1.54) is 5.56 Å². The highest BCUT2D eigenvalue weighted by Crippen LogP contribution is 2.40. The number of imidazole rings is 1. The summed E-state index contributed by atoms with van der Waals surface area (Å²) in [4.78, 5) is 5.24. The molecule has 7 nitrogen and oxygen atoms in total. The molecule has 1 aliphatic rings. The first-order chi connectivity index (χ1) is 20.5. The highest BCUT2D eigenvalue weighted by molar-refractivity contribution is 5.79. The van der Waals surface area contributed by atoms with Crippen molar-refractivity contribution in [1.82, 2.24) is 19.3 Å². The van der Waals surface area contributed by atoms with Crippen molar-refractivity contribution < 1.29 is 9.47 Å². The number of nitrogen functional groups attached to an aromatic ring is 1. The predicted octanol–water partition coefficient (Wildman–Crippen LogP) is 7.27. The lowest BCUT2D eigenvalue weighted by Crippen LogP contribution is -2.37. The minimum absolute atomic E-state index is 0.0595. The Morgan fingerprint density at radius 2 is 1.48 bits per heavy atom. The molecule has 2 N–H and O–H groups in total. The molecule has 0 amide bonds. The molecule has 5 aromatic rings. The van der Waals surface area contributed by atoms with E-state index in [2.05, 4.69) is 89.4 Å². The lowest BCUT2D eigenvalue weighted by molar-refractivity contribution is -0.236. The van der Waals surface area contributed by atoms with Gasteiger partial charge in [0.05, 0.1) is 24.6 Å². The molecule has 6 rings (SSSR count). The van der Waals surface area contributed by atoms with Crippen molar-refractivity contribution in [3.8, 4) is 22.5 Å². The van der Waals surface area contributed by atoms with Crippen LogP contribution in [0.1, 0.15) is 49.6 Å². The normalized spacial score (nSPS) is 18.8. The zero-order valence-electron chi connectivity index (χ0n) is 24.4. The molecule has 2 aromatic heterocycles. The zero-order valence-corrected chi connectivity index (χ0v) is 24.4. The van der Waals surface area contributed by atoms with Crippen molar-refractivity contribution in [2.75, 3.05) is 18.9 Å². The fraction of sp³-hybridized carbons (Fsp3) is 0.314. The van der Waals surface area contributed by atoms with E-state index in [1.54, 1.807) is 0 Å². The van der Waals surface area contributed by atoms with Gasteiger partial charge in [-0.3, -0.25) is 4.68 Å². The summed E-state index contributed by atoms with van der Waals surface area (Å²) < 4.78 is 17.3. The van der Waals surface area contributed by atoms with Gasteiger partial charge in [-0.15, -0.1) is 0 Å². The van der Waals surface area contributed by atoms with Gasteiger partial charge in [0.15, 0.2) is 5.82 Å². The Morgan fingerprint density at radius 3 is 2.10 bits per heavy atom. The van der Waals surface area contributed by atoms with E-state index in [-0.39, 0.29) is 5.41 Å². The van der Waals surface area contributed by atoms with Gasteiger partial charge in [0.2, 0.25) is 6.29 Å². The van der Waals surface area contributed by atoms with Gasteiger partial charge in [0, 0.05) is 41.4 Å². The molecule has 0 radical (unpaired) electrons. The number of benzene rings is 3. The van der Waals surface area contributed by atoms with Gasteiger partial charge in [0.25, 0.3) is 0 Å². The molecule has 1 aliphatic heterocycles. The van der Waals surface area contributed by atoms with Crippen LogP contribution in [-0.2, 0) is 22.6 Å². The van der Waals surface area contributed by atoms with Crippen molar-refractivity contribution >= 4 is 5.82 Å². The van der Waals surface area contributed by atoms with Gasteiger partial charge in [-0.2, -0.15) is 5.10 Å². The van der Waals surface area contributed by atoms with Crippen LogP contribution in [-0.4, -0.2) is 32.5 Å². The van der Waals surface area contributed by atoms with Crippen LogP contribution in [0.15, 0.2) is 97.1 Å². The molecule has 216 valence electrons. The Hall–Kier alpha value is -4.20. The fourth-order valence-corrected chi connectivity index (χ4v) is 5.77. The number of ether oxygens (including phenoxy) is 2. The van der Waals surface area contributed by atoms with Crippen LogP contribution >= 0.6 is 0 Å². The summed E-state index contributed by atoms with van der Waals surface area (Å²) in [5.41, 5.74) is 12.3. The maximum absolute atomic E-state index is 6.50. The molecule has 0 atom stereocenters. The van der Waals surface area contributed by atoms with Crippen LogP contribution in [0.5, 0.6) is 0 Å². The lowest BCUT2D eigenvalue weighted by atomic mass is 9.86. The van der Waals surface area contributed by atoms with E-state index in [0.717, 1.165) is 59.8 Å². The van der Waals surface area contributed by atoms with Crippen molar-refractivity contribution in [3.05, 3.63) is 114 Å². The molecule has 0 spiro atoms. The van der Waals surface area contributed by atoms with Crippen LogP contribution in [0.4, 0.5) is 5.82 Å². The fourth-order valence-electron chi connectivity index (χ4n) is 5.77. The summed E-state index contributed by atoms with van der Waals surface area (Å²) in [6.07, 6.45) is 2.56. The highest BCUT2D eigenvalue weighted by atomic mass is 16.7. The van der Waals surface area contributed by atoms with Crippen LogP contribution < -0.4 is 5.73 Å². The summed E-state index contributed by atoms with van der Waals surface area (Å²) in [7, 11) is 0. The van der Waals surface area contributed by atoms with Gasteiger partial charge in [-0.1, -0.05) is 104 Å². The van der Waals surface area contributed by atoms with Crippen LogP contribution in [0.3, 0.4) is 0 Å². The number of aromatic nitrogens is 4. The largest absolute Gasteiger partial charge is 0.382 e. The minimum Gasteiger partial charge on any atom is -0.382 e. The molecule has 0 bridgehead atoms. The highest BCUT2D eigenvalue weighted by Gasteiger charge is 2.36. The molecule has 42 heavy (non-hydrogen) atoms. The quantitative estimate of drug-likeness (QED) is 0.181. The second kappa shape index (κ2) is 12.3. The number of nitrogens with two attached hydrogens (primary N) is 1. The first-order valence-electron chi connectivity index (χ1n) is 14.8. The van der Waals surface area contributed by atoms with Crippen molar-refractivity contribution in [1.29, 1.82) is 0 Å². The maximum Gasteiger partial charge on any atom is 0.217 e. The molecule has 0 aliphatic carbocycles. The smallest absolute Gasteiger partial charge is 0.217 e. The average molecular weight is 562 g/mol. The SMILES string of the molecule is Cc1cc(N)nn1CCCCC1(C)COC(c2nc(-c3ccccc3)c(-c3ccccc3)n2Cc2ccccc2)OC1. The van der Waals surface area contributed by atoms with Gasteiger partial charge in [-0.25, -0.2) is 4.98 Å². The van der Waals surface area contributed by atoms with Gasteiger partial charge >= 0.3 is 0 Å². The van der Waals surface area contributed by atoms with Gasteiger partial charge in [0.1, 0.15) is 5.82 Å². The number of hydrogen-bond acceptors (Lipinski definition) is 5. The summed E-state index contributed by atoms with van der Waals surface area (Å²) in [5.74, 6) is 1.38. The summed E-state index contributed by atoms with van der Waals surface area (Å²) in [6.45, 7) is 7.06. The summed E-state index contributed by atoms with van der Waals surface area (Å²) >= 11 is 0. The Morgan fingerprint density at radius 1 is 0.857 bits per heavy atom. The lowest BCUT2D eigenvalue weighted by Gasteiger charge is -2.37. The molecule has 1 saturated heterocycles. The molecular weight excluding hydrogens is 522 g/mol. The van der Waals surface area contributed by atoms with E-state index in [0.29, 0.717) is 25.6 Å². The van der Waals surface area contributed by atoms with Crippen LogP contribution in [0, 0.1) is 12.3 Å². The van der Waals surface area contributed by atoms with Crippen molar-refractivity contribution in [2.24, 2.45) is 5.41 Å². The first kappa shape index (κ1) is 27.9. The number of unbranched alkanes of at least 4 members (excludes halogenated alkanes) is 1. The Balaban J connectivity index is 1.25. The number of hydrogen-bond donors (Lipinski definition) is 1. The molecule has 1 fully saturated rings. The first-order valence-corrected chi connectivity index (χ1v) is 14.8. The van der Waals surface area contributed by atoms with Gasteiger partial charge < -0.3 is 19.8 Å². The molecule has 0 unspecified atom stereocenters. The molecule has 0 saturated carbocycles. The maximum atomic E-state index is 6.50. The third-order valence-electron chi connectivity index (χ3n) is 8.05. The van der Waals surface area contributed by atoms with E-state index in [9.17, 15) is 0 Å². The third kappa shape index (κ3) is 6.17. The zero-order chi connectivity index (χ0) is 28.9. The topological polar surface area (TPSA) is 80.1 Å². The third-order valence-corrected chi connectivity index (χ3v) is 8.05. The number of anilines is 1. The number of nitrogens with zero attached hydrogens (tertiary/aromatic N) is 4. The summed E-state index contributed by atoms with van der Waals surface area (Å²) in [6, 6.07) is 33.3.